The molecule has 2 aliphatic heterocycles. The molecule has 2 aromatic rings. The number of carbonyl (C=O) groups is 2. The summed E-state index contributed by atoms with van der Waals surface area (Å²) < 4.78 is 5.47. The average Bonchev–Trinajstić information content (AvgIpc) is 3.74. The van der Waals surface area contributed by atoms with Crippen LogP contribution in [0.25, 0.3) is 6.08 Å². The van der Waals surface area contributed by atoms with Gasteiger partial charge in [-0.25, -0.2) is 0 Å². The first-order valence-corrected chi connectivity index (χ1v) is 22.3. The number of ketones is 2. The summed E-state index contributed by atoms with van der Waals surface area (Å²) in [6, 6.07) is 13.9. The number of phenolic OH excluding ortho intramolecular Hbond substituents is 1. The predicted octanol–water partition coefficient (Wildman–Crippen LogP) is 7.25. The van der Waals surface area contributed by atoms with Gasteiger partial charge in [0.15, 0.2) is 17.3 Å². The van der Waals surface area contributed by atoms with Crippen LogP contribution in [0.15, 0.2) is 72.1 Å². The molecule has 1 saturated heterocycles. The molecule has 316 valence electrons. The minimum Gasteiger partial charge on any atom is -0.504 e. The maximum absolute atomic E-state index is 13.9. The number of aryl methyl sites for hydroxylation is 1. The zero-order valence-electron chi connectivity index (χ0n) is 34.8. The van der Waals surface area contributed by atoms with Crippen LogP contribution in [0, 0.1) is 40.9 Å². The van der Waals surface area contributed by atoms with Gasteiger partial charge >= 0.3 is 0 Å². The number of piperidine rings is 1. The highest BCUT2D eigenvalue weighted by molar-refractivity contribution is 5.85. The largest absolute Gasteiger partial charge is 0.504 e. The van der Waals surface area contributed by atoms with Crippen molar-refractivity contribution in [3.8, 4) is 23.3 Å². The number of hydrogen-bond acceptors (Lipinski definition) is 9. The van der Waals surface area contributed by atoms with Crippen molar-refractivity contribution in [1.29, 1.82) is 0 Å². The van der Waals surface area contributed by atoms with E-state index in [2.05, 4.69) is 52.8 Å². The maximum Gasteiger partial charge on any atom is 0.160 e. The third-order valence-electron chi connectivity index (χ3n) is 14.3. The van der Waals surface area contributed by atoms with E-state index in [0.29, 0.717) is 86.7 Å². The lowest BCUT2D eigenvalue weighted by molar-refractivity contribution is -0.124. The molecular formula is C50H65N3O6. The number of benzene rings is 2. The van der Waals surface area contributed by atoms with Crippen LogP contribution >= 0.6 is 0 Å². The number of allylic oxidation sites excluding steroid dienone is 3. The molecule has 9 nitrogen and oxygen atoms in total. The molecule has 8 atom stereocenters. The lowest BCUT2D eigenvalue weighted by Gasteiger charge is -2.47. The molecule has 0 radical (unpaired) electrons. The minimum absolute atomic E-state index is 0.00981. The average molecular weight is 804 g/mol. The van der Waals surface area contributed by atoms with Crippen molar-refractivity contribution in [1.82, 2.24) is 10.6 Å². The fraction of sp³-hybridized carbons (Fsp3) is 0.560. The Labute approximate surface area is 351 Å². The number of hydrogen-bond donors (Lipinski definition) is 6. The van der Waals surface area contributed by atoms with Crippen LogP contribution in [-0.4, -0.2) is 65.3 Å². The van der Waals surface area contributed by atoms with E-state index in [-0.39, 0.29) is 35.2 Å². The van der Waals surface area contributed by atoms with Crippen LogP contribution in [-0.2, 0) is 16.0 Å². The second-order valence-corrected chi connectivity index (χ2v) is 18.1. The number of aliphatic hydroxyl groups is 2. The number of Topliss-reactive ketones (excluding diaryl/α,β-unsaturated/α-hetero) is 2. The van der Waals surface area contributed by atoms with E-state index in [9.17, 15) is 24.9 Å². The first-order chi connectivity index (χ1) is 28.6. The highest BCUT2D eigenvalue weighted by Crippen LogP contribution is 2.52. The van der Waals surface area contributed by atoms with Crippen LogP contribution in [0.4, 0.5) is 0 Å². The second kappa shape index (κ2) is 19.8. The molecule has 0 unspecified atom stereocenters. The lowest BCUT2D eigenvalue weighted by Crippen LogP contribution is -2.52. The van der Waals surface area contributed by atoms with Crippen LogP contribution in [0.1, 0.15) is 119 Å². The number of rotatable bonds is 15. The first-order valence-electron chi connectivity index (χ1n) is 22.3. The van der Waals surface area contributed by atoms with E-state index in [1.807, 2.05) is 24.3 Å². The predicted molar refractivity (Wildman–Crippen MR) is 232 cm³/mol. The van der Waals surface area contributed by atoms with Gasteiger partial charge in [0, 0.05) is 43.7 Å². The number of methoxy groups -OCH3 is 1. The normalized spacial score (nSPS) is 27.0. The molecule has 9 heteroatoms. The number of dihydropyridines is 1. The molecule has 3 fully saturated rings. The van der Waals surface area contributed by atoms with Crippen molar-refractivity contribution < 1.29 is 29.6 Å². The van der Waals surface area contributed by atoms with E-state index >= 15 is 0 Å². The summed E-state index contributed by atoms with van der Waals surface area (Å²) in [7, 11) is 1.51. The highest BCUT2D eigenvalue weighted by Gasteiger charge is 2.45. The highest BCUT2D eigenvalue weighted by atomic mass is 16.5. The zero-order valence-corrected chi connectivity index (χ0v) is 34.8. The van der Waals surface area contributed by atoms with Gasteiger partial charge in [0.2, 0.25) is 0 Å². The van der Waals surface area contributed by atoms with Crippen molar-refractivity contribution >= 4 is 17.6 Å². The molecule has 0 aromatic heterocycles. The van der Waals surface area contributed by atoms with Crippen molar-refractivity contribution in [2.24, 2.45) is 34.8 Å². The quantitative estimate of drug-likeness (QED) is 0.102. The van der Waals surface area contributed by atoms with E-state index in [1.165, 1.54) is 39.2 Å². The molecule has 7 N–H and O–H groups in total. The number of fused-ring (bicyclic) bond motifs is 2. The van der Waals surface area contributed by atoms with Gasteiger partial charge in [-0.2, -0.15) is 0 Å². The van der Waals surface area contributed by atoms with Crippen molar-refractivity contribution in [3.63, 3.8) is 0 Å². The minimum atomic E-state index is -0.877. The van der Waals surface area contributed by atoms with Gasteiger partial charge in [0.05, 0.1) is 25.1 Å². The molecular weight excluding hydrogens is 739 g/mol. The molecule has 0 bridgehead atoms. The smallest absolute Gasteiger partial charge is 0.160 e. The summed E-state index contributed by atoms with van der Waals surface area (Å²) in [5.74, 6) is 7.85. The van der Waals surface area contributed by atoms with E-state index in [4.69, 9.17) is 10.5 Å². The number of nitrogens with two attached hydrogens (primary N) is 1. The molecule has 3 aliphatic carbocycles. The Morgan fingerprint density at radius 2 is 1.86 bits per heavy atom. The number of aromatic hydroxyl groups is 1. The molecule has 2 aromatic carbocycles. The fourth-order valence-corrected chi connectivity index (χ4v) is 10.9. The van der Waals surface area contributed by atoms with E-state index in [1.54, 1.807) is 12.1 Å². The Balaban J connectivity index is 1.05. The van der Waals surface area contributed by atoms with Crippen molar-refractivity contribution in [3.05, 3.63) is 88.8 Å². The summed E-state index contributed by atoms with van der Waals surface area (Å²) in [6.45, 7) is 1.59. The molecule has 5 aliphatic rings. The van der Waals surface area contributed by atoms with Crippen molar-refractivity contribution in [2.45, 2.75) is 127 Å². The van der Waals surface area contributed by atoms with E-state index < -0.39 is 18.1 Å². The summed E-state index contributed by atoms with van der Waals surface area (Å²) in [5.41, 5.74) is 10.2. The van der Waals surface area contributed by atoms with Gasteiger partial charge in [0.1, 0.15) is 11.7 Å². The van der Waals surface area contributed by atoms with Crippen LogP contribution in [0.3, 0.4) is 0 Å². The maximum atomic E-state index is 13.9. The molecule has 0 amide bonds. The fourth-order valence-electron chi connectivity index (χ4n) is 10.9. The van der Waals surface area contributed by atoms with E-state index in [0.717, 1.165) is 48.1 Å². The van der Waals surface area contributed by atoms with Crippen LogP contribution < -0.4 is 21.1 Å². The topological polar surface area (TPSA) is 154 Å². The Hall–Kier alpha value is -4.36. The Morgan fingerprint density at radius 1 is 1.05 bits per heavy atom. The third-order valence-corrected chi connectivity index (χ3v) is 14.3. The van der Waals surface area contributed by atoms with Gasteiger partial charge in [-0.15, -0.1) is 0 Å². The van der Waals surface area contributed by atoms with Gasteiger partial charge in [-0.05, 0) is 128 Å². The molecule has 2 heterocycles. The molecule has 2 saturated carbocycles. The SMILES string of the molecule is COc1cc2c(cc1O)[C@H](CC[C@H](O)C[C@H](/C=C/c1ccccc1)C1=CCNC(N)=C1)C#C[C@H]([C@H](O)CCCC1([C@@H]3CN[C@@H]4CC(=O)CC[C@@H]4C3)CCCC1)C(=O)CC2. The number of ether oxygens (including phenoxy) is 1. The number of carbonyl (C=O) groups excluding carboxylic acids is 2. The monoisotopic (exact) mass is 803 g/mol. The molecule has 0 spiro atoms. The van der Waals surface area contributed by atoms with Crippen LogP contribution in [0.2, 0.25) is 0 Å². The van der Waals surface area contributed by atoms with Gasteiger partial charge in [0.25, 0.3) is 0 Å². The molecule has 7 rings (SSSR count). The third kappa shape index (κ3) is 10.7. The summed E-state index contributed by atoms with van der Waals surface area (Å²) in [4.78, 5) is 26.0. The Morgan fingerprint density at radius 3 is 2.64 bits per heavy atom. The lowest BCUT2D eigenvalue weighted by atomic mass is 9.63. The van der Waals surface area contributed by atoms with Crippen LogP contribution in [0.5, 0.6) is 11.5 Å². The Bertz CT molecular complexity index is 1940. The zero-order chi connectivity index (χ0) is 41.4. The Kier molecular flexibility index (Phi) is 14.3. The van der Waals surface area contributed by atoms with Gasteiger partial charge in [-0.3, -0.25) is 9.59 Å². The number of phenols is 1. The first kappa shape index (κ1) is 42.8. The standard InChI is InChI=1S/C50H65N3O6/c1-59-48-28-37-16-20-46(57)42(45(56)10-7-24-50(22-5-6-23-50)39-26-38-14-18-41(55)30-44(38)53-32-39)19-15-34(43(37)31-47(48)58)13-17-40(54)27-35(36-21-25-52-49(51)29-36)12-11-33-8-3-2-4-9-33/h2-4,8-9,11-12,21,28-29,31,34-35,38-40,42,44-45,52-54,56,58H,5-7,10,13-14,16-18,20,22-27,30,32,51H2,1H3/b12-11+/t34-,35+,38-,39+,40+,42-,44-,45-/m1/s1. The number of aliphatic hydroxyl groups excluding tert-OH is 2. The summed E-state index contributed by atoms with van der Waals surface area (Å²) >= 11 is 0. The van der Waals surface area contributed by atoms with Crippen molar-refractivity contribution in [2.75, 3.05) is 20.2 Å². The molecule has 59 heavy (non-hydrogen) atoms. The van der Waals surface area contributed by atoms with Gasteiger partial charge < -0.3 is 36.4 Å². The summed E-state index contributed by atoms with van der Waals surface area (Å²) in [5, 5.41) is 41.2. The second-order valence-electron chi connectivity index (χ2n) is 18.1. The number of nitrogens with one attached hydrogen (secondary N) is 2. The summed E-state index contributed by atoms with van der Waals surface area (Å²) in [6.07, 6.45) is 19.7. The van der Waals surface area contributed by atoms with Gasteiger partial charge in [-0.1, -0.05) is 79.7 Å².